The second-order valence-electron chi connectivity index (χ2n) is 4.86. The van der Waals surface area contributed by atoms with Crippen molar-refractivity contribution in [3.8, 4) is 0 Å². The topological polar surface area (TPSA) is 20.2 Å². The molecule has 1 aromatic carbocycles. The van der Waals surface area contributed by atoms with Crippen LogP contribution in [-0.2, 0) is 6.42 Å². The number of rotatable bonds is 2. The van der Waals surface area contributed by atoms with Crippen molar-refractivity contribution in [2.24, 2.45) is 5.41 Å². The number of aryl methyl sites for hydroxylation is 1. The van der Waals surface area contributed by atoms with Crippen LogP contribution in [0.15, 0.2) is 30.3 Å². The highest BCUT2D eigenvalue weighted by Crippen LogP contribution is 2.38. The maximum atomic E-state index is 9.43. The zero-order valence-corrected chi connectivity index (χ0v) is 9.46. The number of aliphatic hydroxyl groups excluding tert-OH is 1. The molecule has 1 aliphatic carbocycles. The smallest absolute Gasteiger partial charge is 0.0522 e. The third kappa shape index (κ3) is 1.84. The van der Waals surface area contributed by atoms with Crippen molar-refractivity contribution in [1.82, 2.24) is 0 Å². The molecule has 0 bridgehead atoms. The molecule has 0 saturated carbocycles. The average molecular weight is 202 g/mol. The third-order valence-corrected chi connectivity index (χ3v) is 3.19. The first-order valence-electron chi connectivity index (χ1n) is 5.55. The van der Waals surface area contributed by atoms with E-state index in [1.54, 1.807) is 0 Å². The molecule has 2 rings (SSSR count). The molecule has 0 amide bonds. The molecule has 1 N–H and O–H groups in total. The summed E-state index contributed by atoms with van der Waals surface area (Å²) in [6, 6.07) is 8.52. The Kier molecular flexibility index (Phi) is 2.66. The molecule has 0 saturated heterocycles. The minimum atomic E-state index is -0.128. The van der Waals surface area contributed by atoms with E-state index in [1.165, 1.54) is 16.7 Å². The van der Waals surface area contributed by atoms with Gasteiger partial charge in [0, 0.05) is 5.41 Å². The van der Waals surface area contributed by atoms with Gasteiger partial charge in [0.05, 0.1) is 6.61 Å². The highest BCUT2D eigenvalue weighted by Gasteiger charge is 2.26. The van der Waals surface area contributed by atoms with Gasteiger partial charge in [-0.3, -0.25) is 0 Å². The van der Waals surface area contributed by atoms with Crippen LogP contribution in [0.3, 0.4) is 0 Å². The lowest BCUT2D eigenvalue weighted by Gasteiger charge is -2.30. The maximum Gasteiger partial charge on any atom is 0.0522 e. The highest BCUT2D eigenvalue weighted by molar-refractivity contribution is 5.73. The van der Waals surface area contributed by atoms with Crippen LogP contribution in [0.2, 0.25) is 0 Å². The molecule has 1 nitrogen and oxygen atoms in total. The Labute approximate surface area is 91.4 Å². The fraction of sp³-hybridized carbons (Fsp3) is 0.429. The first-order chi connectivity index (χ1) is 7.15. The molecule has 0 heterocycles. The lowest BCUT2D eigenvalue weighted by atomic mass is 9.76. The standard InChI is InChI=1S/C14H18O/c1-14(2,10-15)13-9-5-7-11-6-3-4-8-12(11)13/h3-4,6,8-9,15H,5,7,10H2,1-2H3. The molecule has 0 spiro atoms. The summed E-state index contributed by atoms with van der Waals surface area (Å²) in [5.41, 5.74) is 3.91. The van der Waals surface area contributed by atoms with E-state index < -0.39 is 0 Å². The normalized spacial score (nSPS) is 15.8. The van der Waals surface area contributed by atoms with Crippen LogP contribution in [0.5, 0.6) is 0 Å². The van der Waals surface area contributed by atoms with Gasteiger partial charge in [-0.25, -0.2) is 0 Å². The van der Waals surface area contributed by atoms with Gasteiger partial charge < -0.3 is 5.11 Å². The molecule has 1 aliphatic rings. The van der Waals surface area contributed by atoms with Gasteiger partial charge >= 0.3 is 0 Å². The van der Waals surface area contributed by atoms with Gasteiger partial charge in [-0.1, -0.05) is 44.2 Å². The highest BCUT2D eigenvalue weighted by atomic mass is 16.3. The first kappa shape index (κ1) is 10.4. The van der Waals surface area contributed by atoms with Crippen LogP contribution >= 0.6 is 0 Å². The van der Waals surface area contributed by atoms with Gasteiger partial charge in [0.25, 0.3) is 0 Å². The van der Waals surface area contributed by atoms with E-state index in [4.69, 9.17) is 0 Å². The van der Waals surface area contributed by atoms with Crippen molar-refractivity contribution in [2.75, 3.05) is 6.61 Å². The number of fused-ring (bicyclic) bond motifs is 1. The molecular weight excluding hydrogens is 184 g/mol. The lowest BCUT2D eigenvalue weighted by molar-refractivity contribution is 0.206. The van der Waals surface area contributed by atoms with Gasteiger partial charge in [0.1, 0.15) is 0 Å². The molecule has 80 valence electrons. The minimum Gasteiger partial charge on any atom is -0.395 e. The van der Waals surface area contributed by atoms with E-state index in [0.717, 1.165) is 12.8 Å². The predicted molar refractivity (Wildman–Crippen MR) is 63.6 cm³/mol. The van der Waals surface area contributed by atoms with Crippen LogP contribution < -0.4 is 0 Å². The van der Waals surface area contributed by atoms with Crippen molar-refractivity contribution >= 4 is 5.57 Å². The van der Waals surface area contributed by atoms with Crippen molar-refractivity contribution < 1.29 is 5.11 Å². The summed E-state index contributed by atoms with van der Waals surface area (Å²) in [4.78, 5) is 0. The number of benzene rings is 1. The van der Waals surface area contributed by atoms with Crippen LogP contribution in [0.1, 0.15) is 31.4 Å². The van der Waals surface area contributed by atoms with Crippen molar-refractivity contribution in [1.29, 1.82) is 0 Å². The van der Waals surface area contributed by atoms with Gasteiger partial charge in [0.2, 0.25) is 0 Å². The average Bonchev–Trinajstić information content (AvgIpc) is 2.28. The van der Waals surface area contributed by atoms with Gasteiger partial charge in [-0.15, -0.1) is 0 Å². The molecule has 15 heavy (non-hydrogen) atoms. The molecule has 0 radical (unpaired) electrons. The Hall–Kier alpha value is -1.08. The molecule has 1 heteroatoms. The Morgan fingerprint density at radius 1 is 1.27 bits per heavy atom. The second-order valence-corrected chi connectivity index (χ2v) is 4.86. The second kappa shape index (κ2) is 3.82. The SMILES string of the molecule is CC(C)(CO)C1=CCCc2ccccc21. The van der Waals surface area contributed by atoms with Crippen molar-refractivity contribution in [3.05, 3.63) is 41.5 Å². The molecule has 0 fully saturated rings. The van der Waals surface area contributed by atoms with Crippen LogP contribution in [0.25, 0.3) is 5.57 Å². The first-order valence-corrected chi connectivity index (χ1v) is 5.55. The zero-order chi connectivity index (χ0) is 10.9. The van der Waals surface area contributed by atoms with Gasteiger partial charge in [-0.05, 0) is 29.5 Å². The van der Waals surface area contributed by atoms with Crippen LogP contribution in [0.4, 0.5) is 0 Å². The summed E-state index contributed by atoms with van der Waals surface area (Å²) in [6.07, 6.45) is 4.50. The Morgan fingerprint density at radius 3 is 2.73 bits per heavy atom. The monoisotopic (exact) mass is 202 g/mol. The summed E-state index contributed by atoms with van der Waals surface area (Å²) in [7, 11) is 0. The number of allylic oxidation sites excluding steroid dienone is 1. The number of hydrogen-bond acceptors (Lipinski definition) is 1. The van der Waals surface area contributed by atoms with Crippen molar-refractivity contribution in [3.63, 3.8) is 0 Å². The molecule has 0 aromatic heterocycles. The van der Waals surface area contributed by atoms with Crippen LogP contribution in [0, 0.1) is 5.41 Å². The number of aliphatic hydroxyl groups is 1. The van der Waals surface area contributed by atoms with E-state index in [2.05, 4.69) is 44.2 Å². The van der Waals surface area contributed by atoms with Crippen molar-refractivity contribution in [2.45, 2.75) is 26.7 Å². The maximum absolute atomic E-state index is 9.43. The van der Waals surface area contributed by atoms with Crippen LogP contribution in [-0.4, -0.2) is 11.7 Å². The summed E-state index contributed by atoms with van der Waals surface area (Å²) >= 11 is 0. The summed E-state index contributed by atoms with van der Waals surface area (Å²) in [6.45, 7) is 4.40. The predicted octanol–water partition coefficient (Wildman–Crippen LogP) is 3.03. The van der Waals surface area contributed by atoms with E-state index in [0.29, 0.717) is 0 Å². The molecule has 0 unspecified atom stereocenters. The molecule has 0 aliphatic heterocycles. The molecular formula is C14H18O. The lowest BCUT2D eigenvalue weighted by Crippen LogP contribution is -2.21. The molecule has 0 atom stereocenters. The Bertz CT molecular complexity index is 388. The largest absolute Gasteiger partial charge is 0.395 e. The number of hydrogen-bond donors (Lipinski definition) is 1. The zero-order valence-electron chi connectivity index (χ0n) is 9.46. The third-order valence-electron chi connectivity index (χ3n) is 3.19. The van der Waals surface area contributed by atoms with E-state index >= 15 is 0 Å². The Morgan fingerprint density at radius 2 is 2.00 bits per heavy atom. The quantitative estimate of drug-likeness (QED) is 0.781. The fourth-order valence-corrected chi connectivity index (χ4v) is 2.21. The Balaban J connectivity index is 2.47. The summed E-state index contributed by atoms with van der Waals surface area (Å²) in [5, 5.41) is 9.43. The van der Waals surface area contributed by atoms with E-state index in [-0.39, 0.29) is 12.0 Å². The van der Waals surface area contributed by atoms with E-state index in [9.17, 15) is 5.11 Å². The summed E-state index contributed by atoms with van der Waals surface area (Å²) < 4.78 is 0. The molecule has 1 aromatic rings. The fourth-order valence-electron chi connectivity index (χ4n) is 2.21. The van der Waals surface area contributed by atoms with E-state index in [1.807, 2.05) is 0 Å². The summed E-state index contributed by atoms with van der Waals surface area (Å²) in [5.74, 6) is 0. The van der Waals surface area contributed by atoms with Gasteiger partial charge in [0.15, 0.2) is 0 Å². The van der Waals surface area contributed by atoms with Gasteiger partial charge in [-0.2, -0.15) is 0 Å². The minimum absolute atomic E-state index is 0.128.